The van der Waals surface area contributed by atoms with Crippen molar-refractivity contribution in [1.29, 1.82) is 0 Å². The van der Waals surface area contributed by atoms with E-state index in [1.165, 1.54) is 0 Å². The average molecular weight is 298 g/mol. The summed E-state index contributed by atoms with van der Waals surface area (Å²) in [6, 6.07) is 5.76. The first-order valence-electron chi connectivity index (χ1n) is 7.28. The van der Waals surface area contributed by atoms with E-state index in [-0.39, 0.29) is 6.10 Å². The van der Waals surface area contributed by atoms with Crippen LogP contribution < -0.4 is 10.1 Å². The van der Waals surface area contributed by atoms with Gasteiger partial charge in [0.1, 0.15) is 5.75 Å². The molecule has 0 aliphatic carbocycles. The number of ether oxygens (including phenoxy) is 2. The molecule has 0 aromatic heterocycles. The Labute approximate surface area is 126 Å². The smallest absolute Gasteiger partial charge is 0.126 e. The summed E-state index contributed by atoms with van der Waals surface area (Å²) in [5.74, 6) is 1.92. The van der Waals surface area contributed by atoms with Gasteiger partial charge in [0.15, 0.2) is 0 Å². The van der Waals surface area contributed by atoms with E-state index in [0.717, 1.165) is 42.5 Å². The molecule has 0 spiro atoms. The van der Waals surface area contributed by atoms with Gasteiger partial charge in [-0.3, -0.25) is 0 Å². The minimum absolute atomic E-state index is 0.0262. The summed E-state index contributed by atoms with van der Waals surface area (Å²) in [6.45, 7) is 7.20. The molecular formula is C16H24ClNO2. The highest BCUT2D eigenvalue weighted by atomic mass is 35.5. The van der Waals surface area contributed by atoms with Crippen LogP contribution in [0.3, 0.4) is 0 Å². The lowest BCUT2D eigenvalue weighted by molar-refractivity contribution is 0.0882. The monoisotopic (exact) mass is 297 g/mol. The zero-order chi connectivity index (χ0) is 14.5. The van der Waals surface area contributed by atoms with Crippen molar-refractivity contribution in [2.24, 2.45) is 11.8 Å². The maximum atomic E-state index is 6.36. The lowest BCUT2D eigenvalue weighted by Gasteiger charge is -2.22. The maximum Gasteiger partial charge on any atom is 0.126 e. The Hall–Kier alpha value is -0.770. The molecule has 1 fully saturated rings. The zero-order valence-corrected chi connectivity index (χ0v) is 13.2. The molecular weight excluding hydrogens is 274 g/mol. The first kappa shape index (κ1) is 15.6. The van der Waals surface area contributed by atoms with Crippen LogP contribution in [0.25, 0.3) is 0 Å². The van der Waals surface area contributed by atoms with Crippen molar-refractivity contribution >= 4 is 11.6 Å². The molecule has 1 heterocycles. The van der Waals surface area contributed by atoms with E-state index in [0.29, 0.717) is 11.8 Å². The van der Waals surface area contributed by atoms with Crippen LogP contribution >= 0.6 is 11.6 Å². The number of rotatable bonds is 6. The minimum Gasteiger partial charge on any atom is -0.496 e. The van der Waals surface area contributed by atoms with Crippen LogP contribution in [0.2, 0.25) is 5.02 Å². The van der Waals surface area contributed by atoms with Gasteiger partial charge in [-0.15, -0.1) is 0 Å². The van der Waals surface area contributed by atoms with Crippen molar-refractivity contribution in [2.45, 2.75) is 26.4 Å². The van der Waals surface area contributed by atoms with Gasteiger partial charge in [-0.25, -0.2) is 0 Å². The van der Waals surface area contributed by atoms with E-state index < -0.39 is 0 Å². The molecule has 3 nitrogen and oxygen atoms in total. The van der Waals surface area contributed by atoms with E-state index >= 15 is 0 Å². The van der Waals surface area contributed by atoms with Crippen LogP contribution in [0, 0.1) is 11.8 Å². The third kappa shape index (κ3) is 3.66. The maximum absolute atomic E-state index is 6.36. The molecule has 0 bridgehead atoms. The van der Waals surface area contributed by atoms with Gasteiger partial charge in [-0.1, -0.05) is 31.5 Å². The van der Waals surface area contributed by atoms with E-state index in [1.807, 2.05) is 18.2 Å². The second-order valence-corrected chi connectivity index (χ2v) is 6.16. The highest BCUT2D eigenvalue weighted by molar-refractivity contribution is 6.31. The molecule has 2 rings (SSSR count). The first-order chi connectivity index (χ1) is 9.63. The van der Waals surface area contributed by atoms with Gasteiger partial charge in [0.25, 0.3) is 0 Å². The lowest BCUT2D eigenvalue weighted by Crippen LogP contribution is -2.28. The fraction of sp³-hybridized carbons (Fsp3) is 0.625. The van der Waals surface area contributed by atoms with Gasteiger partial charge in [-0.2, -0.15) is 0 Å². The number of hydrogen-bond acceptors (Lipinski definition) is 3. The van der Waals surface area contributed by atoms with Crippen molar-refractivity contribution < 1.29 is 9.47 Å². The Balaban J connectivity index is 2.10. The summed E-state index contributed by atoms with van der Waals surface area (Å²) in [6.07, 6.45) is 1.09. The van der Waals surface area contributed by atoms with Crippen molar-refractivity contribution in [2.75, 3.05) is 26.8 Å². The van der Waals surface area contributed by atoms with Gasteiger partial charge < -0.3 is 14.8 Å². The van der Waals surface area contributed by atoms with E-state index in [1.54, 1.807) is 7.11 Å². The number of nitrogens with one attached hydrogen (secondary N) is 1. The number of halogens is 1. The highest BCUT2D eigenvalue weighted by Crippen LogP contribution is 2.42. The van der Waals surface area contributed by atoms with Gasteiger partial charge in [0.05, 0.1) is 18.2 Å². The predicted molar refractivity (Wildman–Crippen MR) is 82.5 cm³/mol. The molecule has 20 heavy (non-hydrogen) atoms. The Morgan fingerprint density at radius 1 is 1.45 bits per heavy atom. The normalized spacial score (nSPS) is 22.4. The number of benzene rings is 1. The van der Waals surface area contributed by atoms with Gasteiger partial charge in [0.2, 0.25) is 0 Å². The minimum atomic E-state index is 0.0262. The summed E-state index contributed by atoms with van der Waals surface area (Å²) in [7, 11) is 1.68. The van der Waals surface area contributed by atoms with Gasteiger partial charge in [-0.05, 0) is 31.0 Å². The molecule has 2 unspecified atom stereocenters. The molecule has 2 atom stereocenters. The number of hydrogen-bond donors (Lipinski definition) is 1. The molecule has 1 saturated heterocycles. The Morgan fingerprint density at radius 2 is 2.25 bits per heavy atom. The molecule has 1 aromatic carbocycles. The molecule has 0 saturated carbocycles. The van der Waals surface area contributed by atoms with E-state index in [9.17, 15) is 0 Å². The topological polar surface area (TPSA) is 30.5 Å². The Morgan fingerprint density at radius 3 is 2.95 bits per heavy atom. The molecule has 0 radical (unpaired) electrons. The van der Waals surface area contributed by atoms with E-state index in [4.69, 9.17) is 21.1 Å². The zero-order valence-electron chi connectivity index (χ0n) is 12.5. The SMILES string of the molecule is COc1cccc(Cl)c1C1OCCC1CNCC(C)C. The van der Waals surface area contributed by atoms with Crippen LogP contribution in [-0.2, 0) is 4.74 Å². The highest BCUT2D eigenvalue weighted by Gasteiger charge is 2.33. The third-order valence-corrected chi connectivity index (χ3v) is 4.02. The summed E-state index contributed by atoms with van der Waals surface area (Å²) in [4.78, 5) is 0. The lowest BCUT2D eigenvalue weighted by atomic mass is 9.94. The van der Waals surface area contributed by atoms with E-state index in [2.05, 4.69) is 19.2 Å². The summed E-state index contributed by atoms with van der Waals surface area (Å²) >= 11 is 6.36. The largest absolute Gasteiger partial charge is 0.496 e. The van der Waals surface area contributed by atoms with Crippen molar-refractivity contribution in [1.82, 2.24) is 5.32 Å². The standard InChI is InChI=1S/C16H24ClNO2/c1-11(2)9-18-10-12-7-8-20-16(12)15-13(17)5-4-6-14(15)19-3/h4-6,11-12,16,18H,7-10H2,1-3H3. The van der Waals surface area contributed by atoms with Crippen LogP contribution in [-0.4, -0.2) is 26.8 Å². The molecule has 4 heteroatoms. The third-order valence-electron chi connectivity index (χ3n) is 3.69. The van der Waals surface area contributed by atoms with Crippen LogP contribution in [0.1, 0.15) is 31.9 Å². The summed E-state index contributed by atoms with van der Waals surface area (Å²) in [5, 5.41) is 4.25. The molecule has 1 aliphatic heterocycles. The molecule has 1 N–H and O–H groups in total. The fourth-order valence-electron chi connectivity index (χ4n) is 2.69. The van der Waals surface area contributed by atoms with Gasteiger partial charge in [0, 0.05) is 24.6 Å². The van der Waals surface area contributed by atoms with Crippen LogP contribution in [0.5, 0.6) is 5.75 Å². The second-order valence-electron chi connectivity index (χ2n) is 5.75. The van der Waals surface area contributed by atoms with Crippen molar-refractivity contribution in [3.63, 3.8) is 0 Å². The number of methoxy groups -OCH3 is 1. The Kier molecular flexibility index (Phi) is 5.70. The van der Waals surface area contributed by atoms with Crippen LogP contribution in [0.4, 0.5) is 0 Å². The van der Waals surface area contributed by atoms with Crippen molar-refractivity contribution in [3.05, 3.63) is 28.8 Å². The predicted octanol–water partition coefficient (Wildman–Crippen LogP) is 3.67. The average Bonchev–Trinajstić information content (AvgIpc) is 2.86. The first-order valence-corrected chi connectivity index (χ1v) is 7.66. The van der Waals surface area contributed by atoms with Gasteiger partial charge >= 0.3 is 0 Å². The molecule has 1 aliphatic rings. The quantitative estimate of drug-likeness (QED) is 0.869. The van der Waals surface area contributed by atoms with Crippen molar-refractivity contribution in [3.8, 4) is 5.75 Å². The summed E-state index contributed by atoms with van der Waals surface area (Å²) < 4.78 is 11.4. The summed E-state index contributed by atoms with van der Waals surface area (Å²) in [5.41, 5.74) is 0.991. The second kappa shape index (κ2) is 7.30. The Bertz CT molecular complexity index is 436. The molecule has 112 valence electrons. The fourth-order valence-corrected chi connectivity index (χ4v) is 2.96. The molecule has 1 aromatic rings. The molecule has 0 amide bonds. The van der Waals surface area contributed by atoms with Crippen LogP contribution in [0.15, 0.2) is 18.2 Å².